The second kappa shape index (κ2) is 8.09. The van der Waals surface area contributed by atoms with Crippen LogP contribution in [0.25, 0.3) is 0 Å². The number of carbonyl (C=O) groups is 1. The van der Waals surface area contributed by atoms with Crippen molar-refractivity contribution >= 4 is 6.29 Å². The molecule has 0 radical (unpaired) electrons. The lowest BCUT2D eigenvalue weighted by atomic mass is 9.74. The smallest absolute Gasteiger partial charge is 0.418 e. The first-order chi connectivity index (χ1) is 13.9. The van der Waals surface area contributed by atoms with E-state index in [1.54, 1.807) is 18.7 Å². The zero-order valence-corrected chi connectivity index (χ0v) is 17.4. The summed E-state index contributed by atoms with van der Waals surface area (Å²) < 4.78 is 61.3. The molecule has 5 nitrogen and oxygen atoms in total. The minimum atomic E-state index is -4.87. The molecule has 1 aromatic rings. The van der Waals surface area contributed by atoms with E-state index in [1.165, 1.54) is 19.2 Å². The summed E-state index contributed by atoms with van der Waals surface area (Å²) in [5, 5.41) is 10.9. The van der Waals surface area contributed by atoms with Gasteiger partial charge >= 0.3 is 6.18 Å². The molecule has 0 aliphatic carbocycles. The van der Waals surface area contributed by atoms with Crippen LogP contribution in [0.4, 0.5) is 17.6 Å². The lowest BCUT2D eigenvalue weighted by molar-refractivity contribution is -0.272. The van der Waals surface area contributed by atoms with Crippen molar-refractivity contribution in [1.82, 2.24) is 9.80 Å². The van der Waals surface area contributed by atoms with Crippen molar-refractivity contribution in [1.29, 1.82) is 0 Å². The van der Waals surface area contributed by atoms with Gasteiger partial charge < -0.3 is 14.6 Å². The molecule has 2 heterocycles. The predicted octanol–water partition coefficient (Wildman–Crippen LogP) is 2.75. The molecule has 2 aliphatic heterocycles. The molecule has 0 spiro atoms. The molecule has 9 heteroatoms. The Morgan fingerprint density at radius 3 is 2.37 bits per heavy atom. The van der Waals surface area contributed by atoms with Gasteiger partial charge in [-0.3, -0.25) is 9.80 Å². The van der Waals surface area contributed by atoms with Gasteiger partial charge in [0, 0.05) is 37.3 Å². The second-order valence-corrected chi connectivity index (χ2v) is 9.03. The average molecular weight is 432 g/mol. The Bertz CT molecular complexity index is 786. The monoisotopic (exact) mass is 432 g/mol. The van der Waals surface area contributed by atoms with Crippen LogP contribution in [0.1, 0.15) is 32.3 Å². The van der Waals surface area contributed by atoms with Crippen LogP contribution in [0.15, 0.2) is 18.2 Å². The first kappa shape index (κ1) is 23.0. The average Bonchev–Trinajstić information content (AvgIpc) is 3.20. The SMILES string of the molecule is COc1ccc(F)cc1C(C)(C)CC(O)(CN1CC2CC1CN2CC=O)C(F)(F)F. The highest BCUT2D eigenvalue weighted by Crippen LogP contribution is 2.45. The molecule has 2 saturated heterocycles. The third-order valence-corrected chi connectivity index (χ3v) is 6.39. The van der Waals surface area contributed by atoms with Gasteiger partial charge in [-0.15, -0.1) is 0 Å². The van der Waals surface area contributed by atoms with E-state index in [9.17, 15) is 27.5 Å². The molecule has 3 unspecified atom stereocenters. The number of alkyl halides is 3. The molecule has 2 aliphatic rings. The van der Waals surface area contributed by atoms with Gasteiger partial charge in [-0.25, -0.2) is 4.39 Å². The van der Waals surface area contributed by atoms with Crippen LogP contribution in [0.2, 0.25) is 0 Å². The van der Waals surface area contributed by atoms with Crippen molar-refractivity contribution in [3.63, 3.8) is 0 Å². The van der Waals surface area contributed by atoms with Crippen molar-refractivity contribution < 1.29 is 32.2 Å². The van der Waals surface area contributed by atoms with Gasteiger partial charge in [0.1, 0.15) is 17.9 Å². The van der Waals surface area contributed by atoms with E-state index in [2.05, 4.69) is 0 Å². The molecule has 168 valence electrons. The van der Waals surface area contributed by atoms with Crippen molar-refractivity contribution in [2.45, 2.75) is 56.0 Å². The molecule has 1 aromatic carbocycles. The molecule has 3 atom stereocenters. The van der Waals surface area contributed by atoms with Gasteiger partial charge in [0.15, 0.2) is 5.60 Å². The van der Waals surface area contributed by atoms with E-state index in [0.29, 0.717) is 19.5 Å². The summed E-state index contributed by atoms with van der Waals surface area (Å²) in [4.78, 5) is 14.4. The fraction of sp³-hybridized carbons (Fsp3) is 0.667. The Kier molecular flexibility index (Phi) is 6.19. The Hall–Kier alpha value is -1.71. The van der Waals surface area contributed by atoms with Crippen molar-refractivity contribution in [3.8, 4) is 5.75 Å². The largest absolute Gasteiger partial charge is 0.496 e. The fourth-order valence-electron chi connectivity index (χ4n) is 4.96. The molecule has 30 heavy (non-hydrogen) atoms. The number of likely N-dealkylation sites (tertiary alicyclic amines) is 2. The van der Waals surface area contributed by atoms with Crippen LogP contribution >= 0.6 is 0 Å². The molecule has 2 fully saturated rings. The lowest BCUT2D eigenvalue weighted by Gasteiger charge is -2.43. The molecule has 1 N–H and O–H groups in total. The number of carbonyl (C=O) groups excluding carboxylic acids is 1. The van der Waals surface area contributed by atoms with E-state index in [4.69, 9.17) is 4.74 Å². The Labute approximate surface area is 173 Å². The quantitative estimate of drug-likeness (QED) is 0.506. The number of halogens is 4. The maximum Gasteiger partial charge on any atom is 0.418 e. The van der Waals surface area contributed by atoms with Crippen LogP contribution in [0.5, 0.6) is 5.75 Å². The fourth-order valence-corrected chi connectivity index (χ4v) is 4.96. The maximum atomic E-state index is 14.1. The standard InChI is InChI=1S/C21H28F4N2O3/c1-19(2,17-8-14(22)4-5-18(17)30-3)12-20(29,21(23,24)25)13-27-11-15-9-16(27)10-26(15)6-7-28/h4-5,7-8,15-16,29H,6,9-13H2,1-3H3. The number of piperazine rings is 1. The van der Waals surface area contributed by atoms with Crippen LogP contribution in [0.3, 0.4) is 0 Å². The van der Waals surface area contributed by atoms with E-state index >= 15 is 0 Å². The molecule has 0 saturated carbocycles. The number of aldehydes is 1. The number of hydrogen-bond acceptors (Lipinski definition) is 5. The number of benzene rings is 1. The summed E-state index contributed by atoms with van der Waals surface area (Å²) in [6.45, 7) is 3.68. The highest BCUT2D eigenvalue weighted by Gasteiger charge is 2.58. The molecule has 3 rings (SSSR count). The summed E-state index contributed by atoms with van der Waals surface area (Å²) >= 11 is 0. The number of nitrogens with zero attached hydrogens (tertiary/aromatic N) is 2. The summed E-state index contributed by atoms with van der Waals surface area (Å²) in [6.07, 6.45) is -4.03. The van der Waals surface area contributed by atoms with Crippen LogP contribution < -0.4 is 4.74 Å². The van der Waals surface area contributed by atoms with E-state index in [0.717, 1.165) is 12.4 Å². The number of β-amino-alcohol motifs (C(OH)–C–C–N with tert-alkyl or cyclic N) is 1. The maximum absolute atomic E-state index is 14.1. The molecule has 0 aromatic heterocycles. The highest BCUT2D eigenvalue weighted by molar-refractivity contribution is 5.52. The van der Waals surface area contributed by atoms with E-state index < -0.39 is 36.0 Å². The van der Waals surface area contributed by atoms with Gasteiger partial charge in [0.25, 0.3) is 0 Å². The zero-order chi connectivity index (χ0) is 22.3. The summed E-state index contributed by atoms with van der Waals surface area (Å²) in [5.74, 6) is -0.308. The first-order valence-electron chi connectivity index (χ1n) is 9.95. The molecule has 0 amide bonds. The highest BCUT2D eigenvalue weighted by atomic mass is 19.4. The minimum absolute atomic E-state index is 0.0222. The van der Waals surface area contributed by atoms with Gasteiger partial charge in [0.05, 0.1) is 13.7 Å². The molecule has 2 bridgehead atoms. The number of methoxy groups -OCH3 is 1. The number of fused-ring (bicyclic) bond motifs is 2. The normalized spacial score (nSPS) is 24.8. The number of aliphatic hydroxyl groups is 1. The lowest BCUT2D eigenvalue weighted by Crippen LogP contribution is -2.59. The Morgan fingerprint density at radius 2 is 1.83 bits per heavy atom. The third-order valence-electron chi connectivity index (χ3n) is 6.39. The Morgan fingerprint density at radius 1 is 1.20 bits per heavy atom. The zero-order valence-electron chi connectivity index (χ0n) is 17.4. The second-order valence-electron chi connectivity index (χ2n) is 9.03. The topological polar surface area (TPSA) is 53.0 Å². The van der Waals surface area contributed by atoms with Crippen molar-refractivity contribution in [3.05, 3.63) is 29.6 Å². The predicted molar refractivity (Wildman–Crippen MR) is 103 cm³/mol. The summed E-state index contributed by atoms with van der Waals surface area (Å²) in [7, 11) is 1.37. The van der Waals surface area contributed by atoms with Crippen molar-refractivity contribution in [2.24, 2.45) is 0 Å². The van der Waals surface area contributed by atoms with Gasteiger partial charge in [-0.05, 0) is 36.5 Å². The Balaban J connectivity index is 1.83. The van der Waals surface area contributed by atoms with Crippen molar-refractivity contribution in [2.75, 3.05) is 33.3 Å². The number of hydrogen-bond donors (Lipinski definition) is 1. The molecular weight excluding hydrogens is 404 g/mol. The van der Waals surface area contributed by atoms with Crippen LogP contribution in [-0.4, -0.2) is 78.3 Å². The van der Waals surface area contributed by atoms with Gasteiger partial charge in [-0.2, -0.15) is 13.2 Å². The number of ether oxygens (including phenoxy) is 1. The first-order valence-corrected chi connectivity index (χ1v) is 9.95. The number of rotatable bonds is 8. The van der Waals surface area contributed by atoms with E-state index in [1.807, 2.05) is 4.90 Å². The van der Waals surface area contributed by atoms with Crippen LogP contribution in [0, 0.1) is 5.82 Å². The summed E-state index contributed by atoms with van der Waals surface area (Å²) in [6, 6.07) is 3.61. The third kappa shape index (κ3) is 4.33. The molecular formula is C21H28F4N2O3. The summed E-state index contributed by atoms with van der Waals surface area (Å²) in [5.41, 5.74) is -3.92. The van der Waals surface area contributed by atoms with Crippen LogP contribution in [-0.2, 0) is 10.2 Å². The van der Waals surface area contributed by atoms with Gasteiger partial charge in [0.2, 0.25) is 0 Å². The van der Waals surface area contributed by atoms with Gasteiger partial charge in [-0.1, -0.05) is 13.8 Å². The minimum Gasteiger partial charge on any atom is -0.496 e. The van der Waals surface area contributed by atoms with E-state index in [-0.39, 0.29) is 29.9 Å².